The molecule has 0 aromatic heterocycles. The highest BCUT2D eigenvalue weighted by Gasteiger charge is 2.26. The molecule has 0 aliphatic heterocycles. The zero-order chi connectivity index (χ0) is 15.5. The molecule has 19 heavy (non-hydrogen) atoms. The van der Waals surface area contributed by atoms with Crippen LogP contribution in [0.2, 0.25) is 0 Å². The van der Waals surface area contributed by atoms with Gasteiger partial charge in [0.25, 0.3) is 7.52 Å². The van der Waals surface area contributed by atoms with Crippen molar-refractivity contribution < 1.29 is 9.09 Å². The summed E-state index contributed by atoms with van der Waals surface area (Å²) in [5.41, 5.74) is 1.14. The Bertz CT molecular complexity index is 354. The molecule has 0 fully saturated rings. The smallest absolute Gasteiger partial charge is 0.269 e. The summed E-state index contributed by atoms with van der Waals surface area (Å²) < 4.78 is 18.8. The highest BCUT2D eigenvalue weighted by atomic mass is 31.2. The molecule has 2 unspecified atom stereocenters. The van der Waals surface area contributed by atoms with Crippen LogP contribution in [-0.4, -0.2) is 25.5 Å². The van der Waals surface area contributed by atoms with E-state index in [0.717, 1.165) is 5.56 Å². The van der Waals surface area contributed by atoms with Gasteiger partial charge in [0.15, 0.2) is 0 Å². The average molecular weight is 287 g/mol. The van der Waals surface area contributed by atoms with Crippen molar-refractivity contribution in [1.82, 2.24) is 4.67 Å². The minimum atomic E-state index is -2.65. The van der Waals surface area contributed by atoms with Crippen molar-refractivity contribution in [2.75, 3.05) is 20.8 Å². The zero-order valence-corrected chi connectivity index (χ0v) is 14.6. The fourth-order valence-corrected chi connectivity index (χ4v) is 2.41. The number of hydrogen-bond donors (Lipinski definition) is 0. The van der Waals surface area contributed by atoms with Gasteiger partial charge in [0.1, 0.15) is 0 Å². The van der Waals surface area contributed by atoms with Crippen LogP contribution in [0.25, 0.3) is 0 Å². The van der Waals surface area contributed by atoms with Gasteiger partial charge in [-0.2, -0.15) is 0 Å². The normalized spacial score (nSPS) is 14.4. The highest BCUT2D eigenvalue weighted by molar-refractivity contribution is 7.55. The Labute approximate surface area is 119 Å². The molecule has 0 radical (unpaired) electrons. The van der Waals surface area contributed by atoms with Crippen LogP contribution >= 0.6 is 7.52 Å². The molecule has 0 saturated carbocycles. The topological polar surface area (TPSA) is 29.5 Å². The Balaban J connectivity index is 0. The predicted octanol–water partition coefficient (Wildman–Crippen LogP) is 5.20. The minimum Gasteiger partial charge on any atom is -0.321 e. The van der Waals surface area contributed by atoms with Gasteiger partial charge in [0.2, 0.25) is 0 Å². The van der Waals surface area contributed by atoms with E-state index in [0.29, 0.717) is 0 Å². The molecule has 0 N–H and O–H groups in total. The van der Waals surface area contributed by atoms with E-state index in [9.17, 15) is 4.57 Å². The van der Waals surface area contributed by atoms with Crippen molar-refractivity contribution in [3.05, 3.63) is 35.9 Å². The average Bonchev–Trinajstić information content (AvgIpc) is 2.50. The Morgan fingerprint density at radius 3 is 1.89 bits per heavy atom. The number of rotatable bonds is 4. The maximum atomic E-state index is 12.0. The summed E-state index contributed by atoms with van der Waals surface area (Å²) in [5.74, 6) is 0. The molecule has 0 aliphatic rings. The fourth-order valence-electron chi connectivity index (χ4n) is 1.39. The predicted molar refractivity (Wildman–Crippen MR) is 85.9 cm³/mol. The van der Waals surface area contributed by atoms with Gasteiger partial charge in [-0.25, -0.2) is 4.67 Å². The number of hydrogen-bond acceptors (Lipinski definition) is 2. The van der Waals surface area contributed by atoms with Crippen LogP contribution in [0.5, 0.6) is 0 Å². The summed E-state index contributed by atoms with van der Waals surface area (Å²) in [4.78, 5) is 0. The van der Waals surface area contributed by atoms with Gasteiger partial charge >= 0.3 is 0 Å². The molecule has 0 aliphatic carbocycles. The Morgan fingerprint density at radius 1 is 1.11 bits per heavy atom. The van der Waals surface area contributed by atoms with Crippen LogP contribution in [0.4, 0.5) is 0 Å². The second-order valence-electron chi connectivity index (χ2n) is 3.65. The van der Waals surface area contributed by atoms with Crippen molar-refractivity contribution in [2.24, 2.45) is 0 Å². The summed E-state index contributed by atoms with van der Waals surface area (Å²) in [6.45, 7) is 11.6. The summed E-state index contributed by atoms with van der Waals surface area (Å²) in [5, 5.41) is 0. The Hall–Kier alpha value is -0.630. The molecule has 112 valence electrons. The SMILES string of the molecule is CC.CC.COP(C)(=O)N(C)C(C)c1ccccc1. The molecular formula is C15H30NO2P. The second-order valence-corrected chi connectivity index (χ2v) is 6.25. The monoisotopic (exact) mass is 287 g/mol. The summed E-state index contributed by atoms with van der Waals surface area (Å²) in [7, 11) is 0.650. The van der Waals surface area contributed by atoms with Crippen molar-refractivity contribution in [3.8, 4) is 0 Å². The van der Waals surface area contributed by atoms with Crippen LogP contribution in [0.15, 0.2) is 30.3 Å². The lowest BCUT2D eigenvalue weighted by Gasteiger charge is -2.29. The molecule has 1 aromatic rings. The van der Waals surface area contributed by atoms with Gasteiger partial charge in [0.05, 0.1) is 0 Å². The second kappa shape index (κ2) is 11.2. The van der Waals surface area contributed by atoms with E-state index in [4.69, 9.17) is 4.52 Å². The molecule has 1 aromatic carbocycles. The maximum absolute atomic E-state index is 12.0. The van der Waals surface area contributed by atoms with Gasteiger partial charge in [-0.15, -0.1) is 0 Å². The van der Waals surface area contributed by atoms with Gasteiger partial charge < -0.3 is 4.52 Å². The quantitative estimate of drug-likeness (QED) is 0.713. The van der Waals surface area contributed by atoms with Crippen LogP contribution < -0.4 is 0 Å². The van der Waals surface area contributed by atoms with Crippen molar-refractivity contribution >= 4 is 7.52 Å². The van der Waals surface area contributed by atoms with Crippen LogP contribution in [0.3, 0.4) is 0 Å². The van der Waals surface area contributed by atoms with Gasteiger partial charge in [0, 0.05) is 19.8 Å². The third kappa shape index (κ3) is 6.91. The molecule has 1 rings (SSSR count). The lowest BCUT2D eigenvalue weighted by atomic mass is 10.1. The van der Waals surface area contributed by atoms with E-state index in [-0.39, 0.29) is 6.04 Å². The Kier molecular flexibility index (Phi) is 12.2. The van der Waals surface area contributed by atoms with Crippen molar-refractivity contribution in [1.29, 1.82) is 0 Å². The lowest BCUT2D eigenvalue weighted by molar-refractivity contribution is 0.303. The van der Waals surface area contributed by atoms with Crippen molar-refractivity contribution in [2.45, 2.75) is 40.7 Å². The van der Waals surface area contributed by atoms with E-state index >= 15 is 0 Å². The number of benzene rings is 1. The van der Waals surface area contributed by atoms with E-state index in [1.807, 2.05) is 72.0 Å². The molecule has 4 heteroatoms. The standard InChI is InChI=1S/C11H18NO2P.2C2H6/c1-10(11-8-6-5-7-9-11)12(2)15(4,13)14-3;2*1-2/h5-10H,1-4H3;2*1-2H3. The van der Waals surface area contributed by atoms with Gasteiger partial charge in [-0.05, 0) is 19.5 Å². The summed E-state index contributed by atoms with van der Waals surface area (Å²) >= 11 is 0. The maximum Gasteiger partial charge on any atom is 0.269 e. The first-order chi connectivity index (χ1) is 8.99. The molecule has 3 nitrogen and oxygen atoms in total. The largest absolute Gasteiger partial charge is 0.321 e. The van der Waals surface area contributed by atoms with E-state index < -0.39 is 7.52 Å². The first kappa shape index (κ1) is 20.7. The van der Waals surface area contributed by atoms with Crippen molar-refractivity contribution in [3.63, 3.8) is 0 Å². The van der Waals surface area contributed by atoms with Crippen LogP contribution in [-0.2, 0) is 9.09 Å². The van der Waals surface area contributed by atoms with Crippen LogP contribution in [0, 0.1) is 0 Å². The molecule has 0 spiro atoms. The first-order valence-corrected chi connectivity index (χ1v) is 8.93. The number of nitrogens with zero attached hydrogens (tertiary/aromatic N) is 1. The van der Waals surface area contributed by atoms with E-state index in [1.54, 1.807) is 11.3 Å². The molecule has 2 atom stereocenters. The van der Waals surface area contributed by atoms with E-state index in [2.05, 4.69) is 0 Å². The molecule has 0 bridgehead atoms. The van der Waals surface area contributed by atoms with E-state index in [1.165, 1.54) is 7.11 Å². The highest BCUT2D eigenvalue weighted by Crippen LogP contribution is 2.49. The molecule has 0 amide bonds. The summed E-state index contributed by atoms with van der Waals surface area (Å²) in [6, 6.07) is 10.1. The summed E-state index contributed by atoms with van der Waals surface area (Å²) in [6.07, 6.45) is 0. The third-order valence-electron chi connectivity index (χ3n) is 2.75. The third-order valence-corrected chi connectivity index (χ3v) is 4.92. The molecular weight excluding hydrogens is 257 g/mol. The minimum absolute atomic E-state index is 0.0852. The van der Waals surface area contributed by atoms with Gasteiger partial charge in [-0.1, -0.05) is 58.0 Å². The Morgan fingerprint density at radius 2 is 1.53 bits per heavy atom. The zero-order valence-electron chi connectivity index (χ0n) is 13.7. The van der Waals surface area contributed by atoms with Crippen LogP contribution in [0.1, 0.15) is 46.2 Å². The molecule has 0 heterocycles. The lowest BCUT2D eigenvalue weighted by Crippen LogP contribution is -2.19. The van der Waals surface area contributed by atoms with Gasteiger partial charge in [-0.3, -0.25) is 4.57 Å². The molecule has 0 saturated heterocycles. The first-order valence-electron chi connectivity index (χ1n) is 6.90. The fraction of sp³-hybridized carbons (Fsp3) is 0.600.